The predicted molar refractivity (Wildman–Crippen MR) is 120 cm³/mol. The summed E-state index contributed by atoms with van der Waals surface area (Å²) in [4.78, 5) is 11.1. The fourth-order valence-corrected chi connectivity index (χ4v) is 7.74. The minimum atomic E-state index is 0.0582. The van der Waals surface area contributed by atoms with E-state index in [0.717, 1.165) is 37.7 Å². The topological polar surface area (TPSA) is 38.7 Å². The first-order chi connectivity index (χ1) is 13.8. The molecular formula is C26H43NO2. The van der Waals surface area contributed by atoms with Gasteiger partial charge in [0.2, 0.25) is 0 Å². The summed E-state index contributed by atoms with van der Waals surface area (Å²) in [6, 6.07) is 0.0582. The number of nitroso groups, excluding NO2 is 1. The van der Waals surface area contributed by atoms with Gasteiger partial charge in [0, 0.05) is 5.41 Å². The average Bonchev–Trinajstić information content (AvgIpc) is 3.04. The molecule has 2 fully saturated rings. The lowest BCUT2D eigenvalue weighted by atomic mass is 9.51. The van der Waals surface area contributed by atoms with E-state index in [1.54, 1.807) is 11.1 Å². The molecule has 3 nitrogen and oxygen atoms in total. The summed E-state index contributed by atoms with van der Waals surface area (Å²) in [7, 11) is 0. The lowest BCUT2D eigenvalue weighted by Gasteiger charge is -2.54. The lowest BCUT2D eigenvalue weighted by molar-refractivity contribution is 0.0353. The van der Waals surface area contributed by atoms with E-state index in [1.165, 1.54) is 44.9 Å². The fourth-order valence-electron chi connectivity index (χ4n) is 7.74. The molecule has 3 heteroatoms. The molecule has 29 heavy (non-hydrogen) atoms. The van der Waals surface area contributed by atoms with E-state index in [2.05, 4.69) is 39.8 Å². The maximum Gasteiger partial charge on any atom is 0.0923 e. The molecule has 0 radical (unpaired) electrons. The van der Waals surface area contributed by atoms with Gasteiger partial charge in [-0.3, -0.25) is 0 Å². The highest BCUT2D eigenvalue weighted by Gasteiger charge is 2.57. The average molecular weight is 402 g/mol. The summed E-state index contributed by atoms with van der Waals surface area (Å²) in [6.45, 7) is 13.2. The highest BCUT2D eigenvalue weighted by molar-refractivity contribution is 5.35. The molecule has 0 aromatic heterocycles. The number of allylic oxidation sites excluding steroid dienone is 1. The van der Waals surface area contributed by atoms with E-state index >= 15 is 0 Å². The lowest BCUT2D eigenvalue weighted by Crippen LogP contribution is -2.47. The molecule has 7 atom stereocenters. The first kappa shape index (κ1) is 21.5. The van der Waals surface area contributed by atoms with Gasteiger partial charge < -0.3 is 4.74 Å². The van der Waals surface area contributed by atoms with Gasteiger partial charge in [0.1, 0.15) is 0 Å². The first-order valence-corrected chi connectivity index (χ1v) is 12.5. The van der Waals surface area contributed by atoms with Crippen LogP contribution in [-0.4, -0.2) is 18.8 Å². The summed E-state index contributed by atoms with van der Waals surface area (Å²) < 4.78 is 6.63. The van der Waals surface area contributed by atoms with Crippen LogP contribution in [0, 0.1) is 39.4 Å². The zero-order chi connectivity index (χ0) is 20.8. The first-order valence-electron chi connectivity index (χ1n) is 12.5. The van der Waals surface area contributed by atoms with Crippen molar-refractivity contribution in [2.24, 2.45) is 39.7 Å². The van der Waals surface area contributed by atoms with E-state index in [0.29, 0.717) is 28.8 Å². The van der Waals surface area contributed by atoms with Crippen molar-refractivity contribution in [2.75, 3.05) is 6.61 Å². The Balaban J connectivity index is 1.52. The van der Waals surface area contributed by atoms with E-state index in [4.69, 9.17) is 4.74 Å². The highest BCUT2D eigenvalue weighted by atomic mass is 16.5. The molecule has 4 rings (SSSR count). The molecular weight excluding hydrogens is 358 g/mol. The van der Waals surface area contributed by atoms with Gasteiger partial charge in [0.15, 0.2) is 0 Å². The third-order valence-corrected chi connectivity index (χ3v) is 9.69. The van der Waals surface area contributed by atoms with Gasteiger partial charge in [-0.1, -0.05) is 64.6 Å². The third kappa shape index (κ3) is 3.64. The second-order valence-corrected chi connectivity index (χ2v) is 11.8. The zero-order valence-electron chi connectivity index (χ0n) is 19.5. The molecule has 164 valence electrons. The molecule has 1 saturated carbocycles. The fraction of sp³-hybridized carbons (Fsp3) is 0.923. The number of rotatable bonds is 6. The molecule has 0 aromatic rings. The van der Waals surface area contributed by atoms with Crippen LogP contribution in [0.25, 0.3) is 0 Å². The van der Waals surface area contributed by atoms with E-state index in [1.807, 2.05) is 0 Å². The van der Waals surface area contributed by atoms with Gasteiger partial charge in [-0.25, -0.2) is 0 Å². The summed E-state index contributed by atoms with van der Waals surface area (Å²) in [6.07, 6.45) is 12.5. The Morgan fingerprint density at radius 1 is 1.10 bits per heavy atom. The maximum atomic E-state index is 11.1. The molecule has 0 bridgehead atoms. The maximum absolute atomic E-state index is 11.1. The molecule has 0 aromatic carbocycles. The van der Waals surface area contributed by atoms with Gasteiger partial charge in [0.05, 0.1) is 18.8 Å². The third-order valence-electron chi connectivity index (χ3n) is 9.69. The van der Waals surface area contributed by atoms with Crippen LogP contribution in [0.3, 0.4) is 0 Å². The zero-order valence-corrected chi connectivity index (χ0v) is 19.5. The van der Waals surface area contributed by atoms with Gasteiger partial charge in [-0.15, -0.1) is 0 Å². The molecule has 1 saturated heterocycles. The van der Waals surface area contributed by atoms with Gasteiger partial charge in [0.25, 0.3) is 0 Å². The Bertz CT molecular complexity index is 655. The minimum Gasteiger partial charge on any atom is -0.373 e. The summed E-state index contributed by atoms with van der Waals surface area (Å²) in [5, 5.41) is 3.41. The number of ether oxygens (including phenoxy) is 1. The van der Waals surface area contributed by atoms with E-state index < -0.39 is 0 Å². The number of nitrogens with zero attached hydrogens (tertiary/aromatic N) is 1. The largest absolute Gasteiger partial charge is 0.373 e. The monoisotopic (exact) mass is 401 g/mol. The molecule has 7 unspecified atom stereocenters. The van der Waals surface area contributed by atoms with Gasteiger partial charge >= 0.3 is 0 Å². The van der Waals surface area contributed by atoms with Crippen molar-refractivity contribution >= 4 is 0 Å². The Labute approximate surface area is 178 Å². The van der Waals surface area contributed by atoms with Crippen LogP contribution in [0.1, 0.15) is 98.8 Å². The molecule has 1 heterocycles. The highest BCUT2D eigenvalue weighted by Crippen LogP contribution is 2.62. The van der Waals surface area contributed by atoms with Crippen molar-refractivity contribution in [3.63, 3.8) is 0 Å². The summed E-state index contributed by atoms with van der Waals surface area (Å²) >= 11 is 0. The second-order valence-electron chi connectivity index (χ2n) is 11.8. The number of hydrogen-bond acceptors (Lipinski definition) is 3. The van der Waals surface area contributed by atoms with Crippen LogP contribution >= 0.6 is 0 Å². The molecule has 1 aliphatic heterocycles. The Morgan fingerprint density at radius 3 is 2.62 bits per heavy atom. The molecule has 4 aliphatic rings. The minimum absolute atomic E-state index is 0.0582. The van der Waals surface area contributed by atoms with E-state index in [-0.39, 0.29) is 6.04 Å². The van der Waals surface area contributed by atoms with Crippen LogP contribution in [0.15, 0.2) is 16.3 Å². The Kier molecular flexibility index (Phi) is 6.01. The molecule has 0 N–H and O–H groups in total. The Morgan fingerprint density at radius 2 is 1.90 bits per heavy atom. The number of hydrogen-bond donors (Lipinski definition) is 0. The summed E-state index contributed by atoms with van der Waals surface area (Å²) in [5.41, 5.74) is 4.02. The van der Waals surface area contributed by atoms with Crippen molar-refractivity contribution in [3.8, 4) is 0 Å². The quantitative estimate of drug-likeness (QED) is 0.346. The van der Waals surface area contributed by atoms with Gasteiger partial charge in [-0.05, 0) is 79.6 Å². The van der Waals surface area contributed by atoms with Crippen molar-refractivity contribution in [3.05, 3.63) is 16.1 Å². The molecule has 0 spiro atoms. The van der Waals surface area contributed by atoms with Crippen molar-refractivity contribution < 1.29 is 4.74 Å². The molecule has 0 amide bonds. The van der Waals surface area contributed by atoms with Crippen LogP contribution < -0.4 is 0 Å². The van der Waals surface area contributed by atoms with Crippen molar-refractivity contribution in [1.82, 2.24) is 0 Å². The van der Waals surface area contributed by atoms with Crippen LogP contribution in [0.2, 0.25) is 0 Å². The van der Waals surface area contributed by atoms with Crippen LogP contribution in [-0.2, 0) is 4.74 Å². The van der Waals surface area contributed by atoms with E-state index in [9.17, 15) is 4.91 Å². The second kappa shape index (κ2) is 8.09. The van der Waals surface area contributed by atoms with Crippen molar-refractivity contribution in [2.45, 2.75) is 111 Å². The van der Waals surface area contributed by atoms with Crippen LogP contribution in [0.5, 0.6) is 0 Å². The standard InChI is InChI=1S/C26H43NO2/c1-17(2)7-6-8-18(3)23-16-29-24-21-10-9-19-15-20(27-28)11-13-25(19,4)22(21)12-14-26(23,24)5/h17-20,23-24H,6-16H2,1-5H3. The molecule has 3 aliphatic carbocycles. The normalized spacial score (nSPS) is 43.0. The van der Waals surface area contributed by atoms with Crippen LogP contribution in [0.4, 0.5) is 0 Å². The summed E-state index contributed by atoms with van der Waals surface area (Å²) in [5.74, 6) is 2.92. The van der Waals surface area contributed by atoms with Crippen molar-refractivity contribution in [1.29, 1.82) is 0 Å². The van der Waals surface area contributed by atoms with Gasteiger partial charge in [-0.2, -0.15) is 4.91 Å². The number of fused-ring (bicyclic) bond motifs is 4. The predicted octanol–water partition coefficient (Wildman–Crippen LogP) is 7.30. The smallest absolute Gasteiger partial charge is 0.0923 e. The Hall–Kier alpha value is -0.700. The SMILES string of the molecule is CC(C)CCCC(C)C1COC2C3=C(CCC21C)C1(C)CCC(N=O)CC1CC3.